The van der Waals surface area contributed by atoms with Crippen molar-refractivity contribution in [2.75, 3.05) is 18.0 Å². The molecule has 2 aliphatic heterocycles. The van der Waals surface area contributed by atoms with Gasteiger partial charge in [-0.3, -0.25) is 14.9 Å². The number of piperidine rings is 2. The van der Waals surface area contributed by atoms with Gasteiger partial charge in [0.15, 0.2) is 0 Å². The Kier molecular flexibility index (Phi) is 4.74. The van der Waals surface area contributed by atoms with Crippen LogP contribution in [0.5, 0.6) is 0 Å². The van der Waals surface area contributed by atoms with Gasteiger partial charge in [0, 0.05) is 31.6 Å². The maximum Gasteiger partial charge on any atom is 0.234 e. The van der Waals surface area contributed by atoms with Crippen LogP contribution in [0.2, 0.25) is 0 Å². The van der Waals surface area contributed by atoms with E-state index >= 15 is 0 Å². The molecule has 0 unspecified atom stereocenters. The van der Waals surface area contributed by atoms with E-state index in [1.165, 1.54) is 0 Å². The zero-order chi connectivity index (χ0) is 16.2. The molecule has 0 aromatic heterocycles. The molecular formula is C18H22N2O3. The average molecular weight is 314 g/mol. The molecule has 2 aliphatic rings. The Morgan fingerprint density at radius 1 is 1.17 bits per heavy atom. The highest BCUT2D eigenvalue weighted by Crippen LogP contribution is 2.30. The fourth-order valence-electron chi connectivity index (χ4n) is 3.51. The number of hydrogen-bond donors (Lipinski definition) is 1. The lowest BCUT2D eigenvalue weighted by Crippen LogP contribution is -2.39. The van der Waals surface area contributed by atoms with Crippen molar-refractivity contribution in [1.82, 2.24) is 5.32 Å². The maximum absolute atomic E-state index is 12.0. The number of carbonyl (C=O) groups excluding carboxylic acids is 3. The van der Waals surface area contributed by atoms with Crippen molar-refractivity contribution in [2.45, 2.75) is 38.0 Å². The minimum absolute atomic E-state index is 0.181. The van der Waals surface area contributed by atoms with Gasteiger partial charge in [0.25, 0.3) is 0 Å². The van der Waals surface area contributed by atoms with Crippen LogP contribution in [0.3, 0.4) is 0 Å². The quantitative estimate of drug-likeness (QED) is 0.682. The molecule has 5 nitrogen and oxygen atoms in total. The highest BCUT2D eigenvalue weighted by molar-refractivity contribution is 6.01. The summed E-state index contributed by atoms with van der Waals surface area (Å²) in [7, 11) is 0. The first kappa shape index (κ1) is 15.7. The lowest BCUT2D eigenvalue weighted by molar-refractivity contribution is -0.134. The third-order valence-corrected chi connectivity index (χ3v) is 4.92. The van der Waals surface area contributed by atoms with Crippen molar-refractivity contribution < 1.29 is 14.4 Å². The van der Waals surface area contributed by atoms with Crippen molar-refractivity contribution in [3.05, 3.63) is 29.8 Å². The molecule has 1 N–H and O–H groups in total. The van der Waals surface area contributed by atoms with Crippen molar-refractivity contribution >= 4 is 23.8 Å². The van der Waals surface area contributed by atoms with Crippen molar-refractivity contribution in [3.63, 3.8) is 0 Å². The fraction of sp³-hybridized carbons (Fsp3) is 0.500. The summed E-state index contributed by atoms with van der Waals surface area (Å²) in [6.45, 7) is 1.88. The van der Waals surface area contributed by atoms with Gasteiger partial charge in [0.1, 0.15) is 6.29 Å². The predicted molar refractivity (Wildman–Crippen MR) is 87.2 cm³/mol. The minimum Gasteiger partial charge on any atom is -0.372 e. The zero-order valence-electron chi connectivity index (χ0n) is 13.2. The van der Waals surface area contributed by atoms with E-state index in [-0.39, 0.29) is 17.7 Å². The molecule has 1 atom stereocenters. The standard InChI is InChI=1S/C18H22N2O3/c21-11-8-13-6-9-20(10-7-13)15-3-1-2-14(12-15)16-4-5-17(22)19-18(16)23/h1-3,11-13,16H,4-10H2,(H,19,22,23)/t16-/m0/s1. The number of hydrogen-bond acceptors (Lipinski definition) is 4. The van der Waals surface area contributed by atoms with Gasteiger partial charge in [-0.05, 0) is 42.9 Å². The third kappa shape index (κ3) is 3.60. The van der Waals surface area contributed by atoms with Crippen LogP contribution in [0.1, 0.15) is 43.6 Å². The number of rotatable bonds is 4. The molecule has 2 amide bonds. The van der Waals surface area contributed by atoms with Crippen LogP contribution in [-0.2, 0) is 14.4 Å². The largest absolute Gasteiger partial charge is 0.372 e. The van der Waals surface area contributed by atoms with Crippen LogP contribution in [-0.4, -0.2) is 31.2 Å². The molecule has 2 saturated heterocycles. The van der Waals surface area contributed by atoms with Gasteiger partial charge in [0.2, 0.25) is 11.8 Å². The van der Waals surface area contributed by atoms with Gasteiger partial charge in [0.05, 0.1) is 5.92 Å². The van der Waals surface area contributed by atoms with E-state index in [1.807, 2.05) is 12.1 Å². The first-order valence-electron chi connectivity index (χ1n) is 8.29. The molecule has 1 aromatic rings. The van der Waals surface area contributed by atoms with E-state index in [0.717, 1.165) is 43.5 Å². The highest BCUT2D eigenvalue weighted by atomic mass is 16.2. The predicted octanol–water partition coefficient (Wildman–Crippen LogP) is 2.01. The highest BCUT2D eigenvalue weighted by Gasteiger charge is 2.28. The Balaban J connectivity index is 1.69. The lowest BCUT2D eigenvalue weighted by atomic mass is 9.89. The molecule has 1 aromatic carbocycles. The molecule has 0 spiro atoms. The number of nitrogens with one attached hydrogen (secondary N) is 1. The van der Waals surface area contributed by atoms with Gasteiger partial charge in [-0.2, -0.15) is 0 Å². The lowest BCUT2D eigenvalue weighted by Gasteiger charge is -2.33. The smallest absolute Gasteiger partial charge is 0.234 e. The summed E-state index contributed by atoms with van der Waals surface area (Å²) in [5.41, 5.74) is 2.10. The monoisotopic (exact) mass is 314 g/mol. The van der Waals surface area contributed by atoms with Crippen LogP contribution in [0.4, 0.5) is 5.69 Å². The Labute approximate surface area is 136 Å². The molecule has 23 heavy (non-hydrogen) atoms. The normalized spacial score (nSPS) is 22.8. The Hall–Kier alpha value is -2.17. The van der Waals surface area contributed by atoms with Gasteiger partial charge < -0.3 is 9.69 Å². The van der Waals surface area contributed by atoms with E-state index in [1.54, 1.807) is 0 Å². The number of imide groups is 1. The van der Waals surface area contributed by atoms with Crippen LogP contribution in [0, 0.1) is 5.92 Å². The molecular weight excluding hydrogens is 292 g/mol. The maximum atomic E-state index is 12.0. The molecule has 2 heterocycles. The fourth-order valence-corrected chi connectivity index (χ4v) is 3.51. The first-order valence-corrected chi connectivity index (χ1v) is 8.29. The van der Waals surface area contributed by atoms with Crippen molar-refractivity contribution in [1.29, 1.82) is 0 Å². The number of carbonyl (C=O) groups is 3. The molecule has 5 heteroatoms. The summed E-state index contributed by atoms with van der Waals surface area (Å²) in [5.74, 6) is -0.106. The second kappa shape index (κ2) is 6.94. The van der Waals surface area contributed by atoms with Crippen molar-refractivity contribution in [2.24, 2.45) is 5.92 Å². The summed E-state index contributed by atoms with van der Waals surface area (Å²) >= 11 is 0. The number of benzene rings is 1. The number of aldehydes is 1. The van der Waals surface area contributed by atoms with Gasteiger partial charge in [-0.25, -0.2) is 0 Å². The van der Waals surface area contributed by atoms with Gasteiger partial charge in [-0.15, -0.1) is 0 Å². The topological polar surface area (TPSA) is 66.5 Å². The van der Waals surface area contributed by atoms with Gasteiger partial charge >= 0.3 is 0 Å². The zero-order valence-corrected chi connectivity index (χ0v) is 13.2. The summed E-state index contributed by atoms with van der Waals surface area (Å²) in [5, 5.41) is 2.42. The summed E-state index contributed by atoms with van der Waals surface area (Å²) in [6, 6.07) is 8.07. The van der Waals surface area contributed by atoms with E-state index in [2.05, 4.69) is 22.3 Å². The van der Waals surface area contributed by atoms with Crippen LogP contribution in [0.15, 0.2) is 24.3 Å². The SMILES string of the molecule is O=CCC1CCN(c2cccc([C@@H]3CCC(=O)NC3=O)c2)CC1. The van der Waals surface area contributed by atoms with E-state index in [9.17, 15) is 14.4 Å². The summed E-state index contributed by atoms with van der Waals surface area (Å²) in [4.78, 5) is 36.3. The van der Waals surface area contributed by atoms with E-state index < -0.39 is 0 Å². The average Bonchev–Trinajstić information content (AvgIpc) is 2.56. The van der Waals surface area contributed by atoms with Crippen molar-refractivity contribution in [3.8, 4) is 0 Å². The molecule has 3 rings (SSSR count). The molecule has 2 fully saturated rings. The van der Waals surface area contributed by atoms with Crippen LogP contribution >= 0.6 is 0 Å². The summed E-state index contributed by atoms with van der Waals surface area (Å²) < 4.78 is 0. The molecule has 0 saturated carbocycles. The van der Waals surface area contributed by atoms with E-state index in [0.29, 0.717) is 25.2 Å². The van der Waals surface area contributed by atoms with E-state index in [4.69, 9.17) is 0 Å². The molecule has 122 valence electrons. The Bertz CT molecular complexity index is 606. The molecule has 0 radical (unpaired) electrons. The molecule has 0 bridgehead atoms. The second-order valence-corrected chi connectivity index (χ2v) is 6.43. The third-order valence-electron chi connectivity index (χ3n) is 4.92. The number of anilines is 1. The Morgan fingerprint density at radius 3 is 2.65 bits per heavy atom. The van der Waals surface area contributed by atoms with Gasteiger partial charge in [-0.1, -0.05) is 12.1 Å². The van der Waals surface area contributed by atoms with Crippen LogP contribution in [0.25, 0.3) is 0 Å². The minimum atomic E-state index is -0.236. The number of amides is 2. The molecule has 0 aliphatic carbocycles. The second-order valence-electron chi connectivity index (χ2n) is 6.43. The summed E-state index contributed by atoms with van der Waals surface area (Å²) in [6.07, 6.45) is 4.71. The first-order chi connectivity index (χ1) is 11.2. The Morgan fingerprint density at radius 2 is 1.96 bits per heavy atom. The van der Waals surface area contributed by atoms with Crippen LogP contribution < -0.4 is 10.2 Å². The number of nitrogens with zero attached hydrogens (tertiary/aromatic N) is 1.